The Morgan fingerprint density at radius 3 is 2.68 bits per heavy atom. The van der Waals surface area contributed by atoms with Gasteiger partial charge in [-0.1, -0.05) is 13.8 Å². The number of ether oxygens (including phenoxy) is 1. The molecule has 0 spiro atoms. The maximum atomic E-state index is 12.6. The van der Waals surface area contributed by atoms with E-state index in [0.29, 0.717) is 36.3 Å². The number of hydrogen-bond acceptors (Lipinski definition) is 6. The highest BCUT2D eigenvalue weighted by Gasteiger charge is 2.24. The van der Waals surface area contributed by atoms with Crippen molar-refractivity contribution in [3.05, 3.63) is 11.1 Å². The summed E-state index contributed by atoms with van der Waals surface area (Å²) < 4.78 is 5.37. The first-order chi connectivity index (χ1) is 12.0. The highest BCUT2D eigenvalue weighted by atomic mass is 32.1. The van der Waals surface area contributed by atoms with E-state index in [1.54, 1.807) is 5.38 Å². The van der Waals surface area contributed by atoms with Gasteiger partial charge in [0, 0.05) is 51.1 Å². The Bertz CT molecular complexity index is 568. The van der Waals surface area contributed by atoms with Crippen LogP contribution >= 0.6 is 11.3 Å². The van der Waals surface area contributed by atoms with Crippen LogP contribution in [0.25, 0.3) is 0 Å². The van der Waals surface area contributed by atoms with Gasteiger partial charge in [-0.2, -0.15) is 0 Å². The number of piperazine rings is 1. The smallest absolute Gasteiger partial charge is 0.273 e. The van der Waals surface area contributed by atoms with Crippen LogP contribution < -0.4 is 5.32 Å². The molecule has 0 aromatic carbocycles. The summed E-state index contributed by atoms with van der Waals surface area (Å²) in [6.45, 7) is 11.4. The molecule has 1 N–H and O–H groups in total. The maximum Gasteiger partial charge on any atom is 0.273 e. The zero-order valence-corrected chi connectivity index (χ0v) is 16.1. The van der Waals surface area contributed by atoms with Crippen molar-refractivity contribution in [2.75, 3.05) is 51.3 Å². The van der Waals surface area contributed by atoms with Gasteiger partial charge in [0.25, 0.3) is 5.91 Å². The largest absolute Gasteiger partial charge is 0.380 e. The van der Waals surface area contributed by atoms with Gasteiger partial charge >= 0.3 is 0 Å². The number of aromatic nitrogens is 1. The quantitative estimate of drug-likeness (QED) is 0.710. The standard InChI is InChI=1S/C17H28N4O3S/c1-4-24-10-9-20-5-7-21(8-6-20)16(23)14-12-25-17(18-14)19-15(22)11-13(2)3/h12-13H,4-11H2,1-3H3,(H,18,19,22). The molecule has 0 radical (unpaired) electrons. The minimum Gasteiger partial charge on any atom is -0.380 e. The van der Waals surface area contributed by atoms with Crippen molar-refractivity contribution in [3.8, 4) is 0 Å². The lowest BCUT2D eigenvalue weighted by atomic mass is 10.1. The van der Waals surface area contributed by atoms with Gasteiger partial charge in [-0.3, -0.25) is 14.5 Å². The second kappa shape index (κ2) is 9.84. The summed E-state index contributed by atoms with van der Waals surface area (Å²) in [7, 11) is 0. The number of nitrogens with zero attached hydrogens (tertiary/aromatic N) is 3. The second-order valence-electron chi connectivity index (χ2n) is 6.51. The molecule has 2 heterocycles. The van der Waals surface area contributed by atoms with E-state index in [1.807, 2.05) is 25.7 Å². The van der Waals surface area contributed by atoms with Gasteiger partial charge in [-0.05, 0) is 12.8 Å². The number of nitrogens with one attached hydrogen (secondary N) is 1. The molecule has 0 bridgehead atoms. The van der Waals surface area contributed by atoms with E-state index in [-0.39, 0.29) is 11.8 Å². The van der Waals surface area contributed by atoms with Crippen LogP contribution in [-0.4, -0.2) is 72.5 Å². The fourth-order valence-corrected chi connectivity index (χ4v) is 3.35. The summed E-state index contributed by atoms with van der Waals surface area (Å²) in [6.07, 6.45) is 0.451. The van der Waals surface area contributed by atoms with E-state index in [0.717, 1.165) is 32.8 Å². The van der Waals surface area contributed by atoms with Crippen LogP contribution in [0.3, 0.4) is 0 Å². The predicted octanol–water partition coefficient (Wildman–Crippen LogP) is 1.92. The van der Waals surface area contributed by atoms with E-state index < -0.39 is 0 Å². The molecule has 0 saturated carbocycles. The molecule has 1 aromatic heterocycles. The molecule has 8 heteroatoms. The minimum atomic E-state index is -0.0648. The summed E-state index contributed by atoms with van der Waals surface area (Å²) in [4.78, 5) is 32.8. The van der Waals surface area contributed by atoms with E-state index in [9.17, 15) is 9.59 Å². The number of amides is 2. The molecule has 0 aliphatic carbocycles. The van der Waals surface area contributed by atoms with Gasteiger partial charge in [0.1, 0.15) is 5.69 Å². The van der Waals surface area contributed by atoms with Crippen LogP contribution in [-0.2, 0) is 9.53 Å². The number of carbonyl (C=O) groups is 2. The van der Waals surface area contributed by atoms with Gasteiger partial charge in [0.2, 0.25) is 5.91 Å². The molecule has 0 unspecified atom stereocenters. The van der Waals surface area contributed by atoms with Gasteiger partial charge in [-0.15, -0.1) is 11.3 Å². The number of carbonyl (C=O) groups excluding carboxylic acids is 2. The Labute approximate surface area is 153 Å². The van der Waals surface area contributed by atoms with E-state index in [1.165, 1.54) is 11.3 Å². The molecule has 1 aromatic rings. The molecule has 140 valence electrons. The van der Waals surface area contributed by atoms with Crippen LogP contribution in [0.1, 0.15) is 37.7 Å². The van der Waals surface area contributed by atoms with Crippen molar-refractivity contribution in [1.82, 2.24) is 14.8 Å². The second-order valence-corrected chi connectivity index (χ2v) is 7.37. The van der Waals surface area contributed by atoms with Crippen LogP contribution in [0.15, 0.2) is 5.38 Å². The zero-order valence-electron chi connectivity index (χ0n) is 15.3. The van der Waals surface area contributed by atoms with Crippen molar-refractivity contribution in [2.45, 2.75) is 27.2 Å². The first kappa shape index (κ1) is 19.8. The van der Waals surface area contributed by atoms with Crippen LogP contribution in [0.5, 0.6) is 0 Å². The highest BCUT2D eigenvalue weighted by molar-refractivity contribution is 7.14. The van der Waals surface area contributed by atoms with Gasteiger partial charge in [0.15, 0.2) is 5.13 Å². The van der Waals surface area contributed by atoms with Crippen LogP contribution in [0.2, 0.25) is 0 Å². The van der Waals surface area contributed by atoms with Crippen molar-refractivity contribution in [3.63, 3.8) is 0 Å². The van der Waals surface area contributed by atoms with E-state index in [4.69, 9.17) is 4.74 Å². The van der Waals surface area contributed by atoms with Crippen LogP contribution in [0.4, 0.5) is 5.13 Å². The Balaban J connectivity index is 1.81. The van der Waals surface area contributed by atoms with Crippen molar-refractivity contribution in [1.29, 1.82) is 0 Å². The summed E-state index contributed by atoms with van der Waals surface area (Å²) in [5.41, 5.74) is 0.410. The molecule has 2 rings (SSSR count). The third kappa shape index (κ3) is 6.37. The Morgan fingerprint density at radius 2 is 2.04 bits per heavy atom. The number of hydrogen-bond donors (Lipinski definition) is 1. The highest BCUT2D eigenvalue weighted by Crippen LogP contribution is 2.18. The molecule has 2 amide bonds. The average Bonchev–Trinajstić information content (AvgIpc) is 3.02. The third-order valence-corrected chi connectivity index (χ3v) is 4.74. The molecule has 7 nitrogen and oxygen atoms in total. The molecule has 1 saturated heterocycles. The first-order valence-electron chi connectivity index (χ1n) is 8.84. The number of rotatable bonds is 8. The Morgan fingerprint density at radius 1 is 1.32 bits per heavy atom. The SMILES string of the molecule is CCOCCN1CCN(C(=O)c2csc(NC(=O)CC(C)C)n2)CC1. The molecule has 25 heavy (non-hydrogen) atoms. The Kier molecular flexibility index (Phi) is 7.80. The minimum absolute atomic E-state index is 0.0636. The van der Waals surface area contributed by atoms with Crippen molar-refractivity contribution < 1.29 is 14.3 Å². The summed E-state index contributed by atoms with van der Waals surface area (Å²) in [6, 6.07) is 0. The number of thiazole rings is 1. The molecule has 1 aliphatic heterocycles. The average molecular weight is 369 g/mol. The molecule has 1 fully saturated rings. The fraction of sp³-hybridized carbons (Fsp3) is 0.706. The summed E-state index contributed by atoms with van der Waals surface area (Å²) in [5.74, 6) is 0.163. The summed E-state index contributed by atoms with van der Waals surface area (Å²) in [5, 5.41) is 4.97. The topological polar surface area (TPSA) is 74.8 Å². The lowest BCUT2D eigenvalue weighted by Crippen LogP contribution is -2.49. The van der Waals surface area contributed by atoms with Gasteiger partial charge in [-0.25, -0.2) is 4.98 Å². The van der Waals surface area contributed by atoms with Crippen molar-refractivity contribution >= 4 is 28.3 Å². The van der Waals surface area contributed by atoms with E-state index >= 15 is 0 Å². The van der Waals surface area contributed by atoms with Crippen LogP contribution in [0, 0.1) is 5.92 Å². The lowest BCUT2D eigenvalue weighted by molar-refractivity contribution is -0.116. The predicted molar refractivity (Wildman–Crippen MR) is 99.0 cm³/mol. The van der Waals surface area contributed by atoms with Crippen molar-refractivity contribution in [2.24, 2.45) is 5.92 Å². The van der Waals surface area contributed by atoms with Gasteiger partial charge < -0.3 is 15.0 Å². The molecular formula is C17H28N4O3S. The first-order valence-corrected chi connectivity index (χ1v) is 9.72. The lowest BCUT2D eigenvalue weighted by Gasteiger charge is -2.34. The molecular weight excluding hydrogens is 340 g/mol. The number of anilines is 1. The van der Waals surface area contributed by atoms with Gasteiger partial charge in [0.05, 0.1) is 6.61 Å². The normalized spacial score (nSPS) is 15.6. The molecule has 1 aliphatic rings. The third-order valence-electron chi connectivity index (χ3n) is 3.98. The van der Waals surface area contributed by atoms with E-state index in [2.05, 4.69) is 15.2 Å². The monoisotopic (exact) mass is 368 g/mol. The fourth-order valence-electron chi connectivity index (χ4n) is 2.65. The molecule has 0 atom stereocenters. The zero-order chi connectivity index (χ0) is 18.2. The Hall–Kier alpha value is -1.51. The maximum absolute atomic E-state index is 12.6. The summed E-state index contributed by atoms with van der Waals surface area (Å²) >= 11 is 1.29.